The smallest absolute Gasteiger partial charge is 0.326 e. The molecule has 0 aliphatic carbocycles. The second-order valence-electron chi connectivity index (χ2n) is 3.51. The van der Waals surface area contributed by atoms with Crippen molar-refractivity contribution in [3.8, 4) is 0 Å². The van der Waals surface area contributed by atoms with E-state index in [1.54, 1.807) is 0 Å². The summed E-state index contributed by atoms with van der Waals surface area (Å²) in [5, 5.41) is 8.64. The third-order valence-corrected chi connectivity index (χ3v) is 2.48. The molecule has 78 valence electrons. The third kappa shape index (κ3) is 6.75. The molecule has 0 saturated heterocycles. The summed E-state index contributed by atoms with van der Waals surface area (Å²) >= 11 is 0. The molecule has 0 amide bonds. The Morgan fingerprint density at radius 1 is 1.38 bits per heavy atom. The third-order valence-electron chi connectivity index (χ3n) is 1.56. The Labute approximate surface area is 76.9 Å². The summed E-state index contributed by atoms with van der Waals surface area (Å²) in [7, 11) is -4.21. The van der Waals surface area contributed by atoms with E-state index in [1.165, 1.54) is 0 Å². The predicted octanol–water partition coefficient (Wildman–Crippen LogP) is 0.911. The average Bonchev–Trinajstić information content (AvgIpc) is 1.81. The van der Waals surface area contributed by atoms with E-state index in [9.17, 15) is 9.36 Å². The van der Waals surface area contributed by atoms with Crippen LogP contribution >= 0.6 is 7.60 Å². The van der Waals surface area contributed by atoms with Crippen LogP contribution < -0.4 is 0 Å². The van der Waals surface area contributed by atoms with Gasteiger partial charge >= 0.3 is 13.6 Å². The van der Waals surface area contributed by atoms with Crippen molar-refractivity contribution in [1.82, 2.24) is 0 Å². The molecule has 0 rings (SSSR count). The van der Waals surface area contributed by atoms with Gasteiger partial charge in [0.1, 0.15) is 0 Å². The Morgan fingerprint density at radius 3 is 2.08 bits per heavy atom. The van der Waals surface area contributed by atoms with Crippen LogP contribution in [0.25, 0.3) is 0 Å². The van der Waals surface area contributed by atoms with Gasteiger partial charge in [-0.25, -0.2) is 0 Å². The number of carboxylic acids is 1. The van der Waals surface area contributed by atoms with Gasteiger partial charge in [-0.3, -0.25) is 9.36 Å². The molecular weight excluding hydrogens is 195 g/mol. The topological polar surface area (TPSA) is 94.8 Å². The molecule has 0 saturated carbocycles. The van der Waals surface area contributed by atoms with Gasteiger partial charge in [-0.2, -0.15) is 0 Å². The van der Waals surface area contributed by atoms with Crippen LogP contribution in [0.15, 0.2) is 0 Å². The van der Waals surface area contributed by atoms with Gasteiger partial charge in [0.2, 0.25) is 0 Å². The lowest BCUT2D eigenvalue weighted by molar-refractivity contribution is -0.141. The van der Waals surface area contributed by atoms with E-state index in [1.807, 2.05) is 13.8 Å². The predicted molar refractivity (Wildman–Crippen MR) is 47.5 cm³/mol. The van der Waals surface area contributed by atoms with E-state index < -0.39 is 25.6 Å². The maximum atomic E-state index is 10.6. The zero-order valence-corrected chi connectivity index (χ0v) is 8.57. The van der Waals surface area contributed by atoms with E-state index in [-0.39, 0.29) is 5.92 Å². The van der Waals surface area contributed by atoms with Crippen molar-refractivity contribution in [3.63, 3.8) is 0 Å². The summed E-state index contributed by atoms with van der Waals surface area (Å²) in [6.07, 6.45) is -0.277. The van der Waals surface area contributed by atoms with Gasteiger partial charge in [-0.15, -0.1) is 0 Å². The highest BCUT2D eigenvalue weighted by atomic mass is 31.2. The summed E-state index contributed by atoms with van der Waals surface area (Å²) in [6, 6.07) is 0. The van der Waals surface area contributed by atoms with E-state index in [0.717, 1.165) is 0 Å². The summed E-state index contributed by atoms with van der Waals surface area (Å²) < 4.78 is 10.6. The zero-order valence-electron chi connectivity index (χ0n) is 7.67. The fourth-order valence-corrected chi connectivity index (χ4v) is 1.99. The van der Waals surface area contributed by atoms with Crippen LogP contribution in [0.4, 0.5) is 0 Å². The minimum Gasteiger partial charge on any atom is -0.481 e. The van der Waals surface area contributed by atoms with Gasteiger partial charge in [0.15, 0.2) is 0 Å². The number of carboxylic acid groups (broad SMARTS) is 1. The van der Waals surface area contributed by atoms with Crippen molar-refractivity contribution in [1.29, 1.82) is 0 Å². The van der Waals surface area contributed by atoms with Crippen LogP contribution in [0.5, 0.6) is 0 Å². The summed E-state index contributed by atoms with van der Waals surface area (Å²) in [6.45, 7) is 3.63. The van der Waals surface area contributed by atoms with Gasteiger partial charge in [-0.05, 0) is 12.3 Å². The lowest BCUT2D eigenvalue weighted by atomic mass is 9.99. The number of hydrogen-bond donors (Lipinski definition) is 3. The minimum absolute atomic E-state index is 0.118. The molecular formula is C7H15O5P. The molecule has 1 unspecified atom stereocenters. The first-order valence-electron chi connectivity index (χ1n) is 3.99. The fourth-order valence-electron chi connectivity index (χ4n) is 1.11. The Balaban J connectivity index is 4.28. The Kier molecular flexibility index (Phi) is 4.61. The normalized spacial score (nSPS) is 14.5. The van der Waals surface area contributed by atoms with Crippen molar-refractivity contribution in [2.24, 2.45) is 11.8 Å². The fraction of sp³-hybridized carbons (Fsp3) is 0.857. The second-order valence-corrected chi connectivity index (χ2v) is 5.21. The van der Waals surface area contributed by atoms with Crippen LogP contribution in [0.1, 0.15) is 20.3 Å². The highest BCUT2D eigenvalue weighted by molar-refractivity contribution is 7.51. The molecule has 0 heterocycles. The Morgan fingerprint density at radius 2 is 1.85 bits per heavy atom. The summed E-state index contributed by atoms with van der Waals surface area (Å²) in [5.74, 6) is -1.97. The van der Waals surface area contributed by atoms with Crippen LogP contribution in [0.2, 0.25) is 0 Å². The molecule has 13 heavy (non-hydrogen) atoms. The monoisotopic (exact) mass is 210 g/mol. The zero-order chi connectivity index (χ0) is 10.6. The van der Waals surface area contributed by atoms with Crippen molar-refractivity contribution in [3.05, 3.63) is 0 Å². The van der Waals surface area contributed by atoms with Gasteiger partial charge in [0, 0.05) is 0 Å². The molecule has 0 bridgehead atoms. The molecule has 6 heteroatoms. The molecule has 0 spiro atoms. The first kappa shape index (κ1) is 12.6. The molecule has 0 aliphatic heterocycles. The molecule has 0 aromatic rings. The molecule has 1 atom stereocenters. The Bertz CT molecular complexity index is 219. The molecule has 0 radical (unpaired) electrons. The number of rotatable bonds is 5. The minimum atomic E-state index is -4.21. The van der Waals surface area contributed by atoms with Gasteiger partial charge in [0.25, 0.3) is 0 Å². The van der Waals surface area contributed by atoms with Crippen molar-refractivity contribution in [2.75, 3.05) is 6.16 Å². The van der Waals surface area contributed by atoms with Crippen molar-refractivity contribution in [2.45, 2.75) is 20.3 Å². The molecule has 0 aliphatic rings. The maximum absolute atomic E-state index is 10.6. The second kappa shape index (κ2) is 4.74. The first-order valence-corrected chi connectivity index (χ1v) is 5.79. The van der Waals surface area contributed by atoms with E-state index in [0.29, 0.717) is 6.42 Å². The van der Waals surface area contributed by atoms with E-state index >= 15 is 0 Å². The van der Waals surface area contributed by atoms with Crippen LogP contribution in [0.3, 0.4) is 0 Å². The van der Waals surface area contributed by atoms with Crippen molar-refractivity contribution >= 4 is 13.6 Å². The van der Waals surface area contributed by atoms with E-state index in [4.69, 9.17) is 14.9 Å². The molecule has 0 aromatic heterocycles. The highest BCUT2D eigenvalue weighted by Crippen LogP contribution is 2.38. The lowest BCUT2D eigenvalue weighted by Crippen LogP contribution is -2.20. The largest absolute Gasteiger partial charge is 0.481 e. The molecule has 0 fully saturated rings. The summed E-state index contributed by atoms with van der Waals surface area (Å²) in [4.78, 5) is 27.8. The molecule has 5 nitrogen and oxygen atoms in total. The quantitative estimate of drug-likeness (QED) is 0.586. The maximum Gasteiger partial charge on any atom is 0.326 e. The first-order chi connectivity index (χ1) is 5.72. The Hall–Kier alpha value is -0.380. The highest BCUT2D eigenvalue weighted by Gasteiger charge is 2.27. The average molecular weight is 210 g/mol. The van der Waals surface area contributed by atoms with E-state index in [2.05, 4.69) is 0 Å². The van der Waals surface area contributed by atoms with Crippen LogP contribution in [-0.4, -0.2) is 27.0 Å². The van der Waals surface area contributed by atoms with Gasteiger partial charge in [-0.1, -0.05) is 13.8 Å². The number of aliphatic carboxylic acids is 1. The lowest BCUT2D eigenvalue weighted by Gasteiger charge is -2.14. The van der Waals surface area contributed by atoms with Gasteiger partial charge < -0.3 is 14.9 Å². The van der Waals surface area contributed by atoms with Crippen molar-refractivity contribution < 1.29 is 24.3 Å². The van der Waals surface area contributed by atoms with Gasteiger partial charge in [0.05, 0.1) is 12.1 Å². The molecule has 3 N–H and O–H groups in total. The summed E-state index contributed by atoms with van der Waals surface area (Å²) in [5.41, 5.74) is 0. The number of hydrogen-bond acceptors (Lipinski definition) is 2. The van der Waals surface area contributed by atoms with Crippen LogP contribution in [0, 0.1) is 11.8 Å². The molecule has 0 aromatic carbocycles. The number of carbonyl (C=O) groups is 1. The SMILES string of the molecule is CC(C)CC(CP(=O)(O)O)C(=O)O. The van der Waals surface area contributed by atoms with Crippen LogP contribution in [-0.2, 0) is 9.36 Å². The standard InChI is InChI=1S/C7H15O5P/c1-5(2)3-6(7(8)9)4-13(10,11)12/h5-6H,3-4H2,1-2H3,(H,8,9)(H2,10,11,12).